The van der Waals surface area contributed by atoms with Gasteiger partial charge in [0.25, 0.3) is 11.8 Å². The molecule has 1 saturated carbocycles. The molecule has 232 valence electrons. The van der Waals surface area contributed by atoms with Gasteiger partial charge in [-0.1, -0.05) is 0 Å². The number of H-pyrrole nitrogens is 1. The van der Waals surface area contributed by atoms with Crippen molar-refractivity contribution in [3.8, 4) is 5.75 Å². The second kappa shape index (κ2) is 9.43. The van der Waals surface area contributed by atoms with Gasteiger partial charge < -0.3 is 30.2 Å². The van der Waals surface area contributed by atoms with Gasteiger partial charge >= 0.3 is 6.09 Å². The van der Waals surface area contributed by atoms with Crippen molar-refractivity contribution in [1.29, 1.82) is 0 Å². The van der Waals surface area contributed by atoms with Crippen LogP contribution in [0.15, 0.2) is 65.7 Å². The van der Waals surface area contributed by atoms with Crippen molar-refractivity contribution in [2.45, 2.75) is 45.1 Å². The summed E-state index contributed by atoms with van der Waals surface area (Å²) < 4.78 is 6.98. The second-order valence-corrected chi connectivity index (χ2v) is 14.3. The van der Waals surface area contributed by atoms with Crippen LogP contribution in [0.25, 0.3) is 21.8 Å². The third-order valence-electron chi connectivity index (χ3n) is 9.42. The molecule has 1 aliphatic heterocycles. The van der Waals surface area contributed by atoms with Gasteiger partial charge in [-0.05, 0) is 105 Å². The van der Waals surface area contributed by atoms with E-state index in [1.54, 1.807) is 47.4 Å². The first kappa shape index (κ1) is 28.3. The molecule has 8 rings (SSSR count). The van der Waals surface area contributed by atoms with Crippen LogP contribution in [0.3, 0.4) is 0 Å². The molecule has 46 heavy (non-hydrogen) atoms. The number of ketones is 1. The maximum Gasteiger partial charge on any atom is 0.409 e. The van der Waals surface area contributed by atoms with Crippen molar-refractivity contribution >= 4 is 62.5 Å². The number of piperidine rings is 1. The van der Waals surface area contributed by atoms with Crippen LogP contribution < -0.4 is 15.8 Å². The number of aromatic amines is 1. The monoisotopic (exact) mass is 633 g/mol. The minimum Gasteiger partial charge on any atom is -0.410 e. The standard InChI is InChI=1S/C35H31N5O5S/c1-17-16-46-30-27(41)13-28-35(29(17)30)14-20(35)15-39(28)32(43)24-11-18-9-21(5-7-23(18)38-24)37-31(42)26-12-19-10-22(45-33(36)44)6-8-25(19)40(26)34(2,3)4/h5-13,16,20,38H,14-15H2,1-4H3,(H2,36,44)(H,37,42)/t20-,35+/m1/s1. The number of nitrogens with two attached hydrogens (primary N) is 1. The number of thiophene rings is 1. The minimum absolute atomic E-state index is 0.0268. The number of nitrogens with one attached hydrogen (secondary N) is 2. The normalized spacial score (nSPS) is 19.9. The van der Waals surface area contributed by atoms with E-state index in [0.29, 0.717) is 35.3 Å². The van der Waals surface area contributed by atoms with E-state index in [0.717, 1.165) is 49.9 Å². The number of aromatic nitrogens is 2. The van der Waals surface area contributed by atoms with Crippen molar-refractivity contribution < 1.29 is 23.9 Å². The number of ether oxygens (including phenoxy) is 1. The van der Waals surface area contributed by atoms with Crippen molar-refractivity contribution in [2.75, 3.05) is 11.9 Å². The van der Waals surface area contributed by atoms with Crippen molar-refractivity contribution in [3.05, 3.63) is 93.1 Å². The average molecular weight is 634 g/mol. The lowest BCUT2D eigenvalue weighted by Gasteiger charge is -2.28. The number of amides is 3. The third-order valence-corrected chi connectivity index (χ3v) is 10.5. The molecule has 0 unspecified atom stereocenters. The smallest absolute Gasteiger partial charge is 0.409 e. The van der Waals surface area contributed by atoms with Crippen LogP contribution in [0.4, 0.5) is 10.5 Å². The third kappa shape index (κ3) is 4.07. The first-order valence-electron chi connectivity index (χ1n) is 15.1. The number of aryl methyl sites for hydroxylation is 1. The molecule has 3 aromatic heterocycles. The fourth-order valence-corrected chi connectivity index (χ4v) is 8.60. The van der Waals surface area contributed by atoms with E-state index in [4.69, 9.17) is 10.5 Å². The van der Waals surface area contributed by atoms with Crippen molar-refractivity contribution in [3.63, 3.8) is 0 Å². The molecule has 2 aliphatic carbocycles. The number of allylic oxidation sites excluding steroid dienone is 2. The number of likely N-dealkylation sites (tertiary alicyclic amines) is 1. The molecule has 1 saturated heterocycles. The summed E-state index contributed by atoms with van der Waals surface area (Å²) in [6.07, 6.45) is 1.72. The molecule has 3 aliphatic rings. The summed E-state index contributed by atoms with van der Waals surface area (Å²) in [6.45, 7) is 8.65. The number of benzene rings is 2. The maximum atomic E-state index is 13.9. The number of hydrogen-bond acceptors (Lipinski definition) is 6. The number of anilines is 1. The molecule has 2 aromatic carbocycles. The van der Waals surface area contributed by atoms with E-state index in [1.165, 1.54) is 11.3 Å². The Morgan fingerprint density at radius 1 is 1.09 bits per heavy atom. The van der Waals surface area contributed by atoms with Crippen molar-refractivity contribution in [2.24, 2.45) is 11.7 Å². The molecule has 5 aromatic rings. The van der Waals surface area contributed by atoms with Gasteiger partial charge in [0.1, 0.15) is 17.1 Å². The second-order valence-electron chi connectivity index (χ2n) is 13.4. The maximum absolute atomic E-state index is 13.9. The number of carbonyl (C=O) groups excluding carboxylic acids is 4. The molecule has 0 bridgehead atoms. The zero-order chi connectivity index (χ0) is 32.3. The molecule has 4 heterocycles. The number of rotatable bonds is 4. The van der Waals surface area contributed by atoms with Gasteiger partial charge in [-0.15, -0.1) is 11.3 Å². The number of nitrogens with zero attached hydrogens (tertiary/aromatic N) is 2. The Hall–Kier alpha value is -5.16. The van der Waals surface area contributed by atoms with Crippen LogP contribution >= 0.6 is 11.3 Å². The van der Waals surface area contributed by atoms with Crippen LogP contribution in [-0.2, 0) is 11.0 Å². The molecule has 2 fully saturated rings. The van der Waals surface area contributed by atoms with E-state index in [1.807, 2.05) is 49.8 Å². The number of carbonyl (C=O) groups is 4. The molecular weight excluding hydrogens is 602 g/mol. The van der Waals surface area contributed by atoms with Crippen molar-refractivity contribution in [1.82, 2.24) is 14.5 Å². The Balaban J connectivity index is 1.07. The van der Waals surface area contributed by atoms with E-state index >= 15 is 0 Å². The van der Waals surface area contributed by atoms with Crippen LogP contribution in [-0.4, -0.2) is 44.7 Å². The Labute approximate surface area is 267 Å². The lowest BCUT2D eigenvalue weighted by Crippen LogP contribution is -2.33. The highest BCUT2D eigenvalue weighted by Gasteiger charge is 2.68. The molecule has 4 N–H and O–H groups in total. The zero-order valence-corrected chi connectivity index (χ0v) is 26.5. The highest BCUT2D eigenvalue weighted by atomic mass is 32.1. The predicted octanol–water partition coefficient (Wildman–Crippen LogP) is 6.45. The Kier molecular flexibility index (Phi) is 5.81. The van der Waals surface area contributed by atoms with Crippen LogP contribution in [0.2, 0.25) is 0 Å². The zero-order valence-electron chi connectivity index (χ0n) is 25.7. The summed E-state index contributed by atoms with van der Waals surface area (Å²) in [4.78, 5) is 57.6. The van der Waals surface area contributed by atoms with Gasteiger partial charge in [-0.25, -0.2) is 4.79 Å². The van der Waals surface area contributed by atoms with Gasteiger partial charge in [0, 0.05) is 56.8 Å². The highest BCUT2D eigenvalue weighted by Crippen LogP contribution is 2.68. The fraction of sp³-hybridized carbons (Fsp3) is 0.257. The fourth-order valence-electron chi connectivity index (χ4n) is 7.56. The molecule has 2 atom stereocenters. The largest absolute Gasteiger partial charge is 0.410 e. The quantitative estimate of drug-likeness (QED) is 0.209. The first-order valence-corrected chi connectivity index (χ1v) is 16.0. The summed E-state index contributed by atoms with van der Waals surface area (Å²) in [5, 5.41) is 6.55. The first-order chi connectivity index (χ1) is 21.8. The lowest BCUT2D eigenvalue weighted by atomic mass is 9.84. The number of hydrogen-bond donors (Lipinski definition) is 3. The lowest BCUT2D eigenvalue weighted by molar-refractivity contribution is 0.0806. The molecular formula is C35H31N5O5S. The van der Waals surface area contributed by atoms with Gasteiger partial charge in [0.05, 0.1) is 4.88 Å². The summed E-state index contributed by atoms with van der Waals surface area (Å²) in [5.74, 6) is 0.104. The molecule has 10 nitrogen and oxygen atoms in total. The Bertz CT molecular complexity index is 2230. The van der Waals surface area contributed by atoms with Gasteiger partial charge in [0.15, 0.2) is 5.78 Å². The predicted molar refractivity (Wildman–Crippen MR) is 176 cm³/mol. The molecule has 0 radical (unpaired) electrons. The Morgan fingerprint density at radius 2 is 1.89 bits per heavy atom. The summed E-state index contributed by atoms with van der Waals surface area (Å²) in [7, 11) is 0. The molecule has 11 heteroatoms. The SMILES string of the molecule is Cc1csc2c1[C@@]13C[C@@H]1CN(C(=O)c1cc4cc(NC(=O)c5cc6cc(OC(N)=O)ccc6n5C(C)(C)C)ccc4[nH]1)C3=CC2=O. The van der Waals surface area contributed by atoms with E-state index in [2.05, 4.69) is 10.3 Å². The van der Waals surface area contributed by atoms with E-state index in [9.17, 15) is 19.2 Å². The molecule has 1 spiro atoms. The van der Waals surface area contributed by atoms with Crippen LogP contribution in [0.5, 0.6) is 5.75 Å². The minimum atomic E-state index is -0.910. The van der Waals surface area contributed by atoms with E-state index in [-0.39, 0.29) is 23.0 Å². The van der Waals surface area contributed by atoms with Gasteiger partial charge in [-0.2, -0.15) is 0 Å². The van der Waals surface area contributed by atoms with Gasteiger partial charge in [0.2, 0.25) is 0 Å². The number of primary amides is 1. The topological polar surface area (TPSA) is 140 Å². The van der Waals surface area contributed by atoms with Crippen LogP contribution in [0, 0.1) is 12.8 Å². The summed E-state index contributed by atoms with van der Waals surface area (Å²) in [6, 6.07) is 14.1. The van der Waals surface area contributed by atoms with Gasteiger partial charge in [-0.3, -0.25) is 14.4 Å². The Morgan fingerprint density at radius 3 is 2.65 bits per heavy atom. The highest BCUT2D eigenvalue weighted by molar-refractivity contribution is 7.12. The summed E-state index contributed by atoms with van der Waals surface area (Å²) >= 11 is 1.50. The van der Waals surface area contributed by atoms with Crippen LogP contribution in [0.1, 0.15) is 69.0 Å². The summed E-state index contributed by atoms with van der Waals surface area (Å²) in [5.41, 5.74) is 10.6. The van der Waals surface area contributed by atoms with E-state index < -0.39 is 11.6 Å². The number of fused-ring (bicyclic) bond motifs is 3. The average Bonchev–Trinajstić information content (AvgIpc) is 3.41. The molecule has 3 amide bonds.